The lowest BCUT2D eigenvalue weighted by Gasteiger charge is -2.38. The summed E-state index contributed by atoms with van der Waals surface area (Å²) >= 11 is 0. The summed E-state index contributed by atoms with van der Waals surface area (Å²) in [4.78, 5) is 15.4. The highest BCUT2D eigenvalue weighted by Crippen LogP contribution is 2.54. The molecule has 2 heterocycles. The number of amides is 1. The number of hydrogen-bond donors (Lipinski definition) is 1. The number of likely N-dealkylation sites (tertiary alicyclic amines) is 1. The van der Waals surface area contributed by atoms with Gasteiger partial charge in [0.25, 0.3) is 5.91 Å². The Kier molecular flexibility index (Phi) is 7.48. The third-order valence-corrected chi connectivity index (χ3v) is 9.55. The molecular formula is C28H34F7NO3. The van der Waals surface area contributed by atoms with Crippen LogP contribution in [0.2, 0.25) is 0 Å². The van der Waals surface area contributed by atoms with Crippen molar-refractivity contribution in [1.29, 1.82) is 0 Å². The summed E-state index contributed by atoms with van der Waals surface area (Å²) in [5, 5.41) is 11.5. The molecule has 3 fully saturated rings. The molecule has 0 radical (unpaired) electrons. The van der Waals surface area contributed by atoms with E-state index in [1.54, 1.807) is 4.90 Å². The van der Waals surface area contributed by atoms with Crippen LogP contribution in [0, 0.1) is 11.8 Å². The van der Waals surface area contributed by atoms with E-state index in [1.165, 1.54) is 0 Å². The van der Waals surface area contributed by atoms with Gasteiger partial charge in [-0.25, -0.2) is 4.39 Å². The van der Waals surface area contributed by atoms with E-state index in [2.05, 4.69) is 0 Å². The standard InChI is InChI=1S/C28H34F7NO3/c29-26(27(30,31)32,28(33,34)35)20-7-8-21-18(14-20)6-9-23-22(21)10-13-36(23)24(37)25(38)11-2-1-4-17(5-3-12-25)19-15-39-16-19/h7-8,14,17,19,22-23,38H,1-6,9-13,15-16H2/t17?,22-,23+,25?/m0/s1. The number of ether oxygens (including phenoxy) is 1. The highest BCUT2D eigenvalue weighted by atomic mass is 19.4. The first kappa shape index (κ1) is 28.6. The number of halogens is 7. The van der Waals surface area contributed by atoms with Gasteiger partial charge in [-0.15, -0.1) is 0 Å². The lowest BCUT2D eigenvalue weighted by molar-refractivity contribution is -0.348. The first-order chi connectivity index (χ1) is 18.3. The molecule has 0 bridgehead atoms. The van der Waals surface area contributed by atoms with E-state index < -0.39 is 29.2 Å². The summed E-state index contributed by atoms with van der Waals surface area (Å²) < 4.78 is 99.7. The summed E-state index contributed by atoms with van der Waals surface area (Å²) in [6, 6.07) is 2.10. The van der Waals surface area contributed by atoms with Crippen LogP contribution in [-0.2, 0) is 21.6 Å². The number of carbonyl (C=O) groups excluding carboxylic acids is 1. The second-order valence-electron chi connectivity index (χ2n) is 11.8. The van der Waals surface area contributed by atoms with Crippen molar-refractivity contribution in [1.82, 2.24) is 4.90 Å². The molecule has 4 aliphatic rings. The zero-order valence-electron chi connectivity index (χ0n) is 21.6. The fraction of sp³-hybridized carbons (Fsp3) is 0.750. The lowest BCUT2D eigenvalue weighted by atomic mass is 9.77. The largest absolute Gasteiger partial charge is 0.435 e. The normalized spacial score (nSPS) is 31.0. The van der Waals surface area contributed by atoms with Crippen LogP contribution in [-0.4, -0.2) is 59.7 Å². The monoisotopic (exact) mass is 565 g/mol. The van der Waals surface area contributed by atoms with Crippen molar-refractivity contribution in [2.24, 2.45) is 11.8 Å². The van der Waals surface area contributed by atoms with Crippen LogP contribution in [0.15, 0.2) is 18.2 Å². The Morgan fingerprint density at radius 3 is 2.21 bits per heavy atom. The van der Waals surface area contributed by atoms with Crippen molar-refractivity contribution in [3.05, 3.63) is 34.9 Å². The Balaban J connectivity index is 1.32. The maximum atomic E-state index is 14.6. The molecule has 1 aromatic rings. The van der Waals surface area contributed by atoms with Gasteiger partial charge >= 0.3 is 18.0 Å². The van der Waals surface area contributed by atoms with E-state index in [-0.39, 0.29) is 29.9 Å². The number of aryl methyl sites for hydroxylation is 1. The number of rotatable bonds is 3. The van der Waals surface area contributed by atoms with Crippen LogP contribution in [0.1, 0.15) is 80.4 Å². The predicted molar refractivity (Wildman–Crippen MR) is 128 cm³/mol. The topological polar surface area (TPSA) is 49.8 Å². The van der Waals surface area contributed by atoms with Gasteiger partial charge in [-0.05, 0) is 62.0 Å². The fourth-order valence-electron chi connectivity index (χ4n) is 7.24. The zero-order valence-corrected chi connectivity index (χ0v) is 21.6. The minimum atomic E-state index is -6.16. The highest BCUT2D eigenvalue weighted by molar-refractivity contribution is 5.85. The first-order valence-electron chi connectivity index (χ1n) is 13.8. The number of hydrogen-bond acceptors (Lipinski definition) is 3. The quantitative estimate of drug-likeness (QED) is 0.435. The second kappa shape index (κ2) is 10.2. The van der Waals surface area contributed by atoms with E-state index in [1.807, 2.05) is 0 Å². The van der Waals surface area contributed by atoms with Gasteiger partial charge in [-0.3, -0.25) is 4.79 Å². The third-order valence-electron chi connectivity index (χ3n) is 9.55. The first-order valence-corrected chi connectivity index (χ1v) is 13.8. The Hall–Kier alpha value is -1.88. The van der Waals surface area contributed by atoms with Crippen LogP contribution in [0.4, 0.5) is 30.7 Å². The molecule has 4 atom stereocenters. The molecule has 5 rings (SSSR count). The van der Waals surface area contributed by atoms with Gasteiger partial charge in [0.2, 0.25) is 0 Å². The van der Waals surface area contributed by atoms with Crippen molar-refractivity contribution in [3.8, 4) is 0 Å². The number of alkyl halides is 7. The lowest BCUT2D eigenvalue weighted by Crippen LogP contribution is -2.52. The third kappa shape index (κ3) is 4.96. The van der Waals surface area contributed by atoms with Crippen LogP contribution in [0.25, 0.3) is 0 Å². The molecule has 218 valence electrons. The van der Waals surface area contributed by atoms with Crippen molar-refractivity contribution < 1.29 is 45.4 Å². The van der Waals surface area contributed by atoms with Crippen LogP contribution >= 0.6 is 0 Å². The molecule has 39 heavy (non-hydrogen) atoms. The number of carbonyl (C=O) groups is 1. The molecule has 0 aromatic heterocycles. The fourth-order valence-corrected chi connectivity index (χ4v) is 7.24. The number of benzene rings is 1. The summed E-state index contributed by atoms with van der Waals surface area (Å²) in [6.07, 6.45) is -6.34. The van der Waals surface area contributed by atoms with Gasteiger partial charge in [0.1, 0.15) is 5.60 Å². The van der Waals surface area contributed by atoms with Gasteiger partial charge in [0.05, 0.1) is 13.2 Å². The minimum Gasteiger partial charge on any atom is -0.381 e. The van der Waals surface area contributed by atoms with E-state index in [0.29, 0.717) is 61.8 Å². The minimum absolute atomic E-state index is 0.115. The molecule has 1 amide bonds. The maximum absolute atomic E-state index is 14.6. The molecular weight excluding hydrogens is 531 g/mol. The van der Waals surface area contributed by atoms with Gasteiger partial charge in [-0.2, -0.15) is 26.3 Å². The Labute approximate surface area is 222 Å². The average Bonchev–Trinajstić information content (AvgIpc) is 3.29. The SMILES string of the molecule is O=C(N1CC[C@H]2c3ccc(C(F)(C(F)(F)F)C(F)(F)F)cc3CC[C@H]21)C1(O)CCCCC(C2COC2)CCC1. The number of nitrogens with zero attached hydrogens (tertiary/aromatic N) is 1. The van der Waals surface area contributed by atoms with Crippen molar-refractivity contribution in [3.63, 3.8) is 0 Å². The van der Waals surface area contributed by atoms with E-state index in [0.717, 1.165) is 51.4 Å². The molecule has 0 spiro atoms. The van der Waals surface area contributed by atoms with Gasteiger partial charge in [0.15, 0.2) is 0 Å². The molecule has 1 N–H and O–H groups in total. The molecule has 2 saturated heterocycles. The Morgan fingerprint density at radius 1 is 0.897 bits per heavy atom. The molecule has 2 aliphatic carbocycles. The highest BCUT2D eigenvalue weighted by Gasteiger charge is 2.73. The smallest absolute Gasteiger partial charge is 0.381 e. The van der Waals surface area contributed by atoms with Crippen molar-refractivity contribution >= 4 is 5.91 Å². The molecule has 1 saturated carbocycles. The zero-order chi connectivity index (χ0) is 28.2. The van der Waals surface area contributed by atoms with Gasteiger partial charge in [-0.1, -0.05) is 37.5 Å². The molecule has 2 unspecified atom stereocenters. The summed E-state index contributed by atoms with van der Waals surface area (Å²) in [5.41, 5.74) is -7.64. The van der Waals surface area contributed by atoms with Gasteiger partial charge < -0.3 is 14.7 Å². The van der Waals surface area contributed by atoms with E-state index in [4.69, 9.17) is 4.74 Å². The molecule has 1 aromatic carbocycles. The van der Waals surface area contributed by atoms with Crippen molar-refractivity contribution in [2.45, 2.75) is 99.8 Å². The average molecular weight is 566 g/mol. The van der Waals surface area contributed by atoms with E-state index in [9.17, 15) is 40.6 Å². The van der Waals surface area contributed by atoms with E-state index >= 15 is 0 Å². The summed E-state index contributed by atoms with van der Waals surface area (Å²) in [7, 11) is 0. The number of fused-ring (bicyclic) bond motifs is 3. The van der Waals surface area contributed by atoms with Crippen LogP contribution in [0.5, 0.6) is 0 Å². The maximum Gasteiger partial charge on any atom is 0.435 e. The van der Waals surface area contributed by atoms with Crippen LogP contribution in [0.3, 0.4) is 0 Å². The van der Waals surface area contributed by atoms with Crippen molar-refractivity contribution in [2.75, 3.05) is 19.8 Å². The Morgan fingerprint density at radius 2 is 1.56 bits per heavy atom. The van der Waals surface area contributed by atoms with Crippen LogP contribution < -0.4 is 0 Å². The summed E-state index contributed by atoms with van der Waals surface area (Å²) in [5.74, 6) is 0.451. The molecule has 2 aliphatic heterocycles. The van der Waals surface area contributed by atoms with Gasteiger partial charge in [0, 0.05) is 30.0 Å². The summed E-state index contributed by atoms with van der Waals surface area (Å²) in [6.45, 7) is 1.89. The number of aliphatic hydroxyl groups is 1. The molecule has 4 nitrogen and oxygen atoms in total. The second-order valence-corrected chi connectivity index (χ2v) is 11.8. The Bertz CT molecular complexity index is 1060. The molecule has 11 heteroatoms. The predicted octanol–water partition coefficient (Wildman–Crippen LogP) is 6.34.